The Bertz CT molecular complexity index is 439. The van der Waals surface area contributed by atoms with Gasteiger partial charge in [0.25, 0.3) is 0 Å². The van der Waals surface area contributed by atoms with Crippen molar-refractivity contribution in [3.8, 4) is 11.4 Å². The van der Waals surface area contributed by atoms with Gasteiger partial charge in [-0.1, -0.05) is 11.3 Å². The van der Waals surface area contributed by atoms with Gasteiger partial charge in [0.1, 0.15) is 0 Å². The molecule has 2 aromatic heterocycles. The van der Waals surface area contributed by atoms with E-state index >= 15 is 0 Å². The molecule has 0 amide bonds. The molecular weight excluding hydrogens is 174 g/mol. The third-order valence-corrected chi connectivity index (χ3v) is 2.29. The molecule has 0 saturated heterocycles. The van der Waals surface area contributed by atoms with Crippen LogP contribution in [0.25, 0.3) is 11.4 Å². The summed E-state index contributed by atoms with van der Waals surface area (Å²) in [4.78, 5) is 13.5. The molecule has 0 aliphatic heterocycles. The summed E-state index contributed by atoms with van der Waals surface area (Å²) in [5, 5.41) is 5.79. The van der Waals surface area contributed by atoms with Crippen LogP contribution in [-0.2, 0) is 7.05 Å². The molecule has 0 unspecified atom stereocenters. The summed E-state index contributed by atoms with van der Waals surface area (Å²) in [7, 11) is 1.84. The molecule has 2 rings (SSSR count). The average Bonchev–Trinajstić information content (AvgIpc) is 2.58. The molecule has 1 N–H and O–H groups in total. The summed E-state index contributed by atoms with van der Waals surface area (Å²) in [5.74, 6) is 0. The van der Waals surface area contributed by atoms with E-state index in [2.05, 4.69) is 10.1 Å². The number of nitrogens with zero attached hydrogens (tertiary/aromatic N) is 2. The molecule has 2 aromatic rings. The minimum absolute atomic E-state index is 0.0359. The van der Waals surface area contributed by atoms with Gasteiger partial charge in [-0.3, -0.25) is 9.48 Å². The average molecular weight is 181 g/mol. The Labute approximate surface area is 72.5 Å². The van der Waals surface area contributed by atoms with Crippen molar-refractivity contribution in [1.29, 1.82) is 0 Å². The Hall–Kier alpha value is -1.36. The van der Waals surface area contributed by atoms with Crippen LogP contribution >= 0.6 is 11.3 Å². The van der Waals surface area contributed by atoms with E-state index in [0.717, 1.165) is 22.7 Å². The number of hydrogen-bond acceptors (Lipinski definition) is 3. The van der Waals surface area contributed by atoms with Crippen LogP contribution in [0.3, 0.4) is 0 Å². The number of aromatic nitrogens is 3. The quantitative estimate of drug-likeness (QED) is 0.708. The predicted molar refractivity (Wildman–Crippen MR) is 47.1 cm³/mol. The SMILES string of the molecule is Cn1nccc1-c1csc(=O)[nH]1. The second-order valence-corrected chi connectivity index (χ2v) is 3.24. The highest BCUT2D eigenvalue weighted by Gasteiger charge is 2.03. The zero-order valence-electron chi connectivity index (χ0n) is 6.44. The van der Waals surface area contributed by atoms with Crippen molar-refractivity contribution in [3.05, 3.63) is 27.3 Å². The van der Waals surface area contributed by atoms with Gasteiger partial charge in [-0.25, -0.2) is 0 Å². The van der Waals surface area contributed by atoms with E-state index in [1.54, 1.807) is 16.3 Å². The van der Waals surface area contributed by atoms with Crippen LogP contribution in [0.15, 0.2) is 22.4 Å². The lowest BCUT2D eigenvalue weighted by Crippen LogP contribution is -1.97. The van der Waals surface area contributed by atoms with Gasteiger partial charge in [0.15, 0.2) is 0 Å². The van der Waals surface area contributed by atoms with Gasteiger partial charge in [0.2, 0.25) is 0 Å². The number of rotatable bonds is 1. The van der Waals surface area contributed by atoms with Gasteiger partial charge in [-0.15, -0.1) is 0 Å². The molecule has 0 spiro atoms. The van der Waals surface area contributed by atoms with Crippen LogP contribution in [0.4, 0.5) is 0 Å². The van der Waals surface area contributed by atoms with Gasteiger partial charge in [-0.2, -0.15) is 5.10 Å². The number of hydrogen-bond donors (Lipinski definition) is 1. The minimum atomic E-state index is -0.0359. The van der Waals surface area contributed by atoms with E-state index in [0.29, 0.717) is 0 Å². The fourth-order valence-electron chi connectivity index (χ4n) is 1.04. The number of aryl methyl sites for hydroxylation is 1. The Morgan fingerprint density at radius 2 is 2.50 bits per heavy atom. The molecule has 12 heavy (non-hydrogen) atoms. The third-order valence-electron chi connectivity index (χ3n) is 1.62. The van der Waals surface area contributed by atoms with E-state index in [1.165, 1.54) is 0 Å². The van der Waals surface area contributed by atoms with Crippen LogP contribution in [0.5, 0.6) is 0 Å². The molecule has 0 radical (unpaired) electrons. The molecule has 0 atom stereocenters. The number of aromatic amines is 1. The largest absolute Gasteiger partial charge is 0.311 e. The van der Waals surface area contributed by atoms with Gasteiger partial charge in [0.05, 0.1) is 11.4 Å². The van der Waals surface area contributed by atoms with Crippen molar-refractivity contribution in [2.45, 2.75) is 0 Å². The van der Waals surface area contributed by atoms with Crippen LogP contribution in [0, 0.1) is 0 Å². The fourth-order valence-corrected chi connectivity index (χ4v) is 1.62. The summed E-state index contributed by atoms with van der Waals surface area (Å²) in [6.45, 7) is 0. The lowest BCUT2D eigenvalue weighted by Gasteiger charge is -1.95. The first kappa shape index (κ1) is 7.30. The minimum Gasteiger partial charge on any atom is -0.311 e. The Morgan fingerprint density at radius 1 is 1.67 bits per heavy atom. The van der Waals surface area contributed by atoms with Crippen LogP contribution < -0.4 is 4.87 Å². The Morgan fingerprint density at radius 3 is 3.00 bits per heavy atom. The summed E-state index contributed by atoms with van der Waals surface area (Å²) in [6, 6.07) is 1.86. The molecule has 4 nitrogen and oxygen atoms in total. The Kier molecular flexibility index (Phi) is 1.58. The highest BCUT2D eigenvalue weighted by molar-refractivity contribution is 7.07. The molecule has 0 aliphatic rings. The molecule has 2 heterocycles. The lowest BCUT2D eigenvalue weighted by atomic mass is 10.3. The monoisotopic (exact) mass is 181 g/mol. The number of thiazole rings is 1. The number of nitrogens with one attached hydrogen (secondary N) is 1. The highest BCUT2D eigenvalue weighted by atomic mass is 32.1. The topological polar surface area (TPSA) is 50.7 Å². The van der Waals surface area contributed by atoms with Gasteiger partial charge >= 0.3 is 4.87 Å². The molecule has 0 aromatic carbocycles. The second-order valence-electron chi connectivity index (χ2n) is 2.40. The maximum Gasteiger partial charge on any atom is 0.304 e. The molecular formula is C7H7N3OS. The standard InChI is InChI=1S/C7H7N3OS/c1-10-6(2-3-8-10)5-4-12-7(11)9-5/h2-4H,1H3,(H,9,11). The van der Waals surface area contributed by atoms with Crippen molar-refractivity contribution in [2.24, 2.45) is 7.05 Å². The third kappa shape index (κ3) is 1.08. The lowest BCUT2D eigenvalue weighted by molar-refractivity contribution is 0.774. The maximum atomic E-state index is 10.8. The Balaban J connectivity index is 2.57. The predicted octanol–water partition coefficient (Wildman–Crippen LogP) is 0.837. The van der Waals surface area contributed by atoms with Crippen LogP contribution in [0.1, 0.15) is 0 Å². The molecule has 5 heteroatoms. The zero-order chi connectivity index (χ0) is 8.55. The summed E-state index contributed by atoms with van der Waals surface area (Å²) in [5.41, 5.74) is 1.75. The number of H-pyrrole nitrogens is 1. The smallest absolute Gasteiger partial charge is 0.304 e. The van der Waals surface area contributed by atoms with Gasteiger partial charge in [0, 0.05) is 18.6 Å². The molecule has 62 valence electrons. The molecule has 0 bridgehead atoms. The van der Waals surface area contributed by atoms with Gasteiger partial charge in [-0.05, 0) is 6.07 Å². The van der Waals surface area contributed by atoms with Crippen molar-refractivity contribution in [3.63, 3.8) is 0 Å². The van der Waals surface area contributed by atoms with Crippen molar-refractivity contribution in [1.82, 2.24) is 14.8 Å². The molecule has 0 saturated carbocycles. The van der Waals surface area contributed by atoms with Crippen LogP contribution in [0.2, 0.25) is 0 Å². The zero-order valence-corrected chi connectivity index (χ0v) is 7.26. The van der Waals surface area contributed by atoms with Crippen LogP contribution in [-0.4, -0.2) is 14.8 Å². The summed E-state index contributed by atoms with van der Waals surface area (Å²) >= 11 is 1.16. The van der Waals surface area contributed by atoms with Crippen molar-refractivity contribution in [2.75, 3.05) is 0 Å². The van der Waals surface area contributed by atoms with Gasteiger partial charge < -0.3 is 4.98 Å². The molecule has 0 aliphatic carbocycles. The first-order chi connectivity index (χ1) is 5.77. The van der Waals surface area contributed by atoms with Crippen molar-refractivity contribution < 1.29 is 0 Å². The van der Waals surface area contributed by atoms with E-state index in [-0.39, 0.29) is 4.87 Å². The first-order valence-electron chi connectivity index (χ1n) is 3.43. The maximum absolute atomic E-state index is 10.8. The summed E-state index contributed by atoms with van der Waals surface area (Å²) < 4.78 is 1.72. The van der Waals surface area contributed by atoms with E-state index in [9.17, 15) is 4.79 Å². The molecule has 0 fully saturated rings. The van der Waals surface area contributed by atoms with E-state index in [4.69, 9.17) is 0 Å². The van der Waals surface area contributed by atoms with E-state index < -0.39 is 0 Å². The van der Waals surface area contributed by atoms with Crippen molar-refractivity contribution >= 4 is 11.3 Å². The normalized spacial score (nSPS) is 10.4. The second kappa shape index (κ2) is 2.60. The highest BCUT2D eigenvalue weighted by Crippen LogP contribution is 2.14. The van der Waals surface area contributed by atoms with E-state index in [1.807, 2.05) is 13.1 Å². The summed E-state index contributed by atoms with van der Waals surface area (Å²) in [6.07, 6.45) is 1.70. The first-order valence-corrected chi connectivity index (χ1v) is 4.31. The fraction of sp³-hybridized carbons (Fsp3) is 0.143.